The third kappa shape index (κ3) is 5.22. The number of hydrogen-bond acceptors (Lipinski definition) is 5. The van der Waals surface area contributed by atoms with Crippen LogP contribution in [0.25, 0.3) is 0 Å². The van der Waals surface area contributed by atoms with E-state index in [4.69, 9.17) is 9.47 Å². The van der Waals surface area contributed by atoms with Crippen LogP contribution in [0.15, 0.2) is 35.7 Å². The van der Waals surface area contributed by atoms with Crippen LogP contribution in [0.3, 0.4) is 0 Å². The van der Waals surface area contributed by atoms with Gasteiger partial charge in [-0.15, -0.1) is 11.3 Å². The molecule has 1 aromatic carbocycles. The lowest BCUT2D eigenvalue weighted by molar-refractivity contribution is -0.121. The number of benzene rings is 1. The zero-order valence-electron chi connectivity index (χ0n) is 14.6. The third-order valence-corrected chi connectivity index (χ3v) is 4.52. The van der Waals surface area contributed by atoms with E-state index >= 15 is 0 Å². The molecule has 7 heteroatoms. The van der Waals surface area contributed by atoms with Crippen LogP contribution in [0.5, 0.6) is 11.5 Å². The molecule has 0 atom stereocenters. The van der Waals surface area contributed by atoms with Crippen molar-refractivity contribution in [1.29, 1.82) is 0 Å². The summed E-state index contributed by atoms with van der Waals surface area (Å²) in [7, 11) is 3.05. The Morgan fingerprint density at radius 3 is 2.36 bits per heavy atom. The van der Waals surface area contributed by atoms with Gasteiger partial charge in [0, 0.05) is 23.1 Å². The molecule has 1 heterocycles. The Morgan fingerprint density at radius 1 is 1.16 bits per heavy atom. The molecule has 0 radical (unpaired) electrons. The highest BCUT2D eigenvalue weighted by Crippen LogP contribution is 2.23. The third-order valence-electron chi connectivity index (χ3n) is 3.64. The molecule has 0 bridgehead atoms. The van der Waals surface area contributed by atoms with Crippen molar-refractivity contribution in [1.82, 2.24) is 10.2 Å². The Bertz CT molecular complexity index is 694. The predicted molar refractivity (Wildman–Crippen MR) is 97.3 cm³/mol. The minimum absolute atomic E-state index is 0.000232. The molecule has 134 valence electrons. The van der Waals surface area contributed by atoms with Gasteiger partial charge >= 0.3 is 0 Å². The largest absolute Gasteiger partial charge is 0.497 e. The van der Waals surface area contributed by atoms with E-state index in [1.54, 1.807) is 29.5 Å². The van der Waals surface area contributed by atoms with Crippen LogP contribution in [-0.2, 0) is 11.3 Å². The summed E-state index contributed by atoms with van der Waals surface area (Å²) in [4.78, 5) is 27.4. The number of methoxy groups -OCH3 is 2. The standard InChI is InChI=1S/C18H22N2O4S/c1-4-20(12-17(21)19-11-16-6-5-7-25-16)18(22)13-8-14(23-2)10-15(9-13)24-3/h5-10H,4,11-12H2,1-3H3,(H,19,21). The van der Waals surface area contributed by atoms with Crippen LogP contribution in [-0.4, -0.2) is 44.0 Å². The van der Waals surface area contributed by atoms with Gasteiger partial charge in [0.05, 0.1) is 27.3 Å². The minimum atomic E-state index is -0.244. The van der Waals surface area contributed by atoms with Crippen molar-refractivity contribution in [3.8, 4) is 11.5 Å². The van der Waals surface area contributed by atoms with Crippen molar-refractivity contribution < 1.29 is 19.1 Å². The maximum absolute atomic E-state index is 12.7. The summed E-state index contributed by atoms with van der Waals surface area (Å²) in [5.41, 5.74) is 0.420. The first-order valence-electron chi connectivity index (χ1n) is 7.88. The van der Waals surface area contributed by atoms with E-state index in [0.717, 1.165) is 4.88 Å². The lowest BCUT2D eigenvalue weighted by Gasteiger charge is -2.21. The fraction of sp³-hybridized carbons (Fsp3) is 0.333. The summed E-state index contributed by atoms with van der Waals surface area (Å²) >= 11 is 1.58. The normalized spacial score (nSPS) is 10.2. The first-order valence-corrected chi connectivity index (χ1v) is 8.76. The fourth-order valence-electron chi connectivity index (χ4n) is 2.27. The summed E-state index contributed by atoms with van der Waals surface area (Å²) in [6.45, 7) is 2.72. The highest BCUT2D eigenvalue weighted by atomic mass is 32.1. The Balaban J connectivity index is 2.03. The van der Waals surface area contributed by atoms with Crippen LogP contribution in [0, 0.1) is 0 Å². The van der Waals surface area contributed by atoms with E-state index in [2.05, 4.69) is 5.32 Å². The van der Waals surface area contributed by atoms with E-state index in [0.29, 0.717) is 30.2 Å². The lowest BCUT2D eigenvalue weighted by atomic mass is 10.1. The highest BCUT2D eigenvalue weighted by Gasteiger charge is 2.19. The Labute approximate surface area is 151 Å². The maximum Gasteiger partial charge on any atom is 0.254 e. The number of thiophene rings is 1. The quantitative estimate of drug-likeness (QED) is 0.784. The van der Waals surface area contributed by atoms with Gasteiger partial charge in [0.15, 0.2) is 0 Å². The van der Waals surface area contributed by atoms with Crippen molar-refractivity contribution in [2.45, 2.75) is 13.5 Å². The fourth-order valence-corrected chi connectivity index (χ4v) is 2.91. The molecule has 0 saturated carbocycles. The molecule has 0 unspecified atom stereocenters. The van der Waals surface area contributed by atoms with E-state index in [9.17, 15) is 9.59 Å². The second-order valence-electron chi connectivity index (χ2n) is 5.28. The number of carbonyl (C=O) groups is 2. The van der Waals surface area contributed by atoms with E-state index < -0.39 is 0 Å². The molecule has 2 amide bonds. The molecule has 2 rings (SSSR count). The van der Waals surface area contributed by atoms with E-state index in [1.165, 1.54) is 19.1 Å². The number of amides is 2. The minimum Gasteiger partial charge on any atom is -0.497 e. The number of carbonyl (C=O) groups excluding carboxylic acids is 2. The number of hydrogen-bond donors (Lipinski definition) is 1. The van der Waals surface area contributed by atoms with Gasteiger partial charge in [-0.2, -0.15) is 0 Å². The number of ether oxygens (including phenoxy) is 2. The zero-order valence-corrected chi connectivity index (χ0v) is 15.4. The van der Waals surface area contributed by atoms with Gasteiger partial charge in [-0.05, 0) is 30.5 Å². The van der Waals surface area contributed by atoms with Crippen LogP contribution in [0.4, 0.5) is 0 Å². The van der Waals surface area contributed by atoms with Gasteiger partial charge in [0.25, 0.3) is 5.91 Å². The zero-order chi connectivity index (χ0) is 18.2. The summed E-state index contributed by atoms with van der Waals surface area (Å²) in [5, 5.41) is 4.79. The molecule has 0 aliphatic rings. The predicted octanol–water partition coefficient (Wildman–Crippen LogP) is 2.54. The average Bonchev–Trinajstić information content (AvgIpc) is 3.16. The molecule has 0 fully saturated rings. The van der Waals surface area contributed by atoms with Crippen LogP contribution >= 0.6 is 11.3 Å². The van der Waals surface area contributed by atoms with Crippen molar-refractivity contribution >= 4 is 23.2 Å². The van der Waals surface area contributed by atoms with Crippen LogP contribution in [0.1, 0.15) is 22.2 Å². The second kappa shape index (κ2) is 9.08. The molecule has 0 saturated heterocycles. The monoisotopic (exact) mass is 362 g/mol. The number of likely N-dealkylation sites (N-methyl/N-ethyl adjacent to an activating group) is 1. The summed E-state index contributed by atoms with van der Waals surface area (Å²) in [6, 6.07) is 8.86. The maximum atomic E-state index is 12.7. The molecule has 6 nitrogen and oxygen atoms in total. The summed E-state index contributed by atoms with van der Waals surface area (Å²) in [6.07, 6.45) is 0. The van der Waals surface area contributed by atoms with Gasteiger partial charge in [-0.3, -0.25) is 9.59 Å². The number of nitrogens with zero attached hydrogens (tertiary/aromatic N) is 1. The van der Waals surface area contributed by atoms with Gasteiger partial charge in [-0.25, -0.2) is 0 Å². The first kappa shape index (κ1) is 18.8. The summed E-state index contributed by atoms with van der Waals surface area (Å²) in [5.74, 6) is 0.617. The number of rotatable bonds is 8. The van der Waals surface area contributed by atoms with Gasteiger partial charge in [0.2, 0.25) is 5.91 Å². The van der Waals surface area contributed by atoms with Crippen LogP contribution < -0.4 is 14.8 Å². The van der Waals surface area contributed by atoms with E-state index in [1.807, 2.05) is 24.4 Å². The topological polar surface area (TPSA) is 67.9 Å². The SMILES string of the molecule is CCN(CC(=O)NCc1cccs1)C(=O)c1cc(OC)cc(OC)c1. The molecular weight excluding hydrogens is 340 g/mol. The molecule has 2 aromatic rings. The van der Waals surface area contributed by atoms with Gasteiger partial charge < -0.3 is 19.7 Å². The second-order valence-corrected chi connectivity index (χ2v) is 6.31. The van der Waals surface area contributed by atoms with Crippen molar-refractivity contribution in [2.24, 2.45) is 0 Å². The Kier molecular flexibility index (Phi) is 6.82. The molecule has 25 heavy (non-hydrogen) atoms. The smallest absolute Gasteiger partial charge is 0.254 e. The lowest BCUT2D eigenvalue weighted by Crippen LogP contribution is -2.40. The Hall–Kier alpha value is -2.54. The van der Waals surface area contributed by atoms with Crippen molar-refractivity contribution in [3.05, 3.63) is 46.2 Å². The molecule has 1 N–H and O–H groups in total. The molecule has 0 aliphatic heterocycles. The highest BCUT2D eigenvalue weighted by molar-refractivity contribution is 7.09. The van der Waals surface area contributed by atoms with Crippen molar-refractivity contribution in [3.63, 3.8) is 0 Å². The van der Waals surface area contributed by atoms with Crippen molar-refractivity contribution in [2.75, 3.05) is 27.3 Å². The Morgan fingerprint density at radius 2 is 1.84 bits per heavy atom. The summed E-state index contributed by atoms with van der Waals surface area (Å²) < 4.78 is 10.4. The molecular formula is C18H22N2O4S. The molecule has 1 aromatic heterocycles. The van der Waals surface area contributed by atoms with E-state index in [-0.39, 0.29) is 18.4 Å². The first-order chi connectivity index (χ1) is 12.1. The van der Waals surface area contributed by atoms with Gasteiger partial charge in [0.1, 0.15) is 11.5 Å². The van der Waals surface area contributed by atoms with Crippen LogP contribution in [0.2, 0.25) is 0 Å². The number of nitrogens with one attached hydrogen (secondary N) is 1. The molecule has 0 spiro atoms. The van der Waals surface area contributed by atoms with Gasteiger partial charge in [-0.1, -0.05) is 6.07 Å². The molecule has 0 aliphatic carbocycles. The average molecular weight is 362 g/mol.